The molecule has 0 spiro atoms. The van der Waals surface area contributed by atoms with Crippen LogP contribution in [0, 0.1) is 6.92 Å². The number of anilines is 1. The van der Waals surface area contributed by atoms with Crippen molar-refractivity contribution in [2.24, 2.45) is 5.73 Å². The summed E-state index contributed by atoms with van der Waals surface area (Å²) in [5.41, 5.74) is 8.83. The number of nitrogens with zero attached hydrogens (tertiary/aromatic N) is 1. The van der Waals surface area contributed by atoms with Gasteiger partial charge in [-0.3, -0.25) is 14.6 Å². The molecule has 0 atom stereocenters. The van der Waals surface area contributed by atoms with Crippen molar-refractivity contribution < 1.29 is 9.59 Å². The summed E-state index contributed by atoms with van der Waals surface area (Å²) in [7, 11) is 0. The summed E-state index contributed by atoms with van der Waals surface area (Å²) in [6, 6.07) is 16.9. The number of carbonyl (C=O) groups excluding carboxylic acids is 2. The second-order valence-electron chi connectivity index (χ2n) is 5.96. The van der Waals surface area contributed by atoms with Gasteiger partial charge in [-0.1, -0.05) is 30.3 Å². The van der Waals surface area contributed by atoms with Gasteiger partial charge in [0.1, 0.15) is 0 Å². The number of hydrogen-bond acceptors (Lipinski definition) is 4. The molecule has 3 rings (SSSR count). The Morgan fingerprint density at radius 2 is 1.88 bits per heavy atom. The Morgan fingerprint density at radius 3 is 2.69 bits per heavy atom. The van der Waals surface area contributed by atoms with Gasteiger partial charge < -0.3 is 16.4 Å². The highest BCUT2D eigenvalue weighted by Crippen LogP contribution is 2.16. The second-order valence-corrected chi connectivity index (χ2v) is 5.96. The van der Waals surface area contributed by atoms with Gasteiger partial charge in [0.25, 0.3) is 5.91 Å². The number of nitrogens with two attached hydrogens (primary N) is 1. The molecule has 0 bridgehead atoms. The lowest BCUT2D eigenvalue weighted by atomic mass is 10.1. The van der Waals surface area contributed by atoms with Crippen molar-refractivity contribution in [1.29, 1.82) is 0 Å². The first-order chi connectivity index (χ1) is 12.6. The van der Waals surface area contributed by atoms with Gasteiger partial charge in [-0.05, 0) is 36.8 Å². The lowest BCUT2D eigenvalue weighted by Gasteiger charge is -2.11. The molecule has 0 aliphatic carbocycles. The number of aromatic nitrogens is 1. The third kappa shape index (κ3) is 4.04. The Hall–Kier alpha value is -3.25. The van der Waals surface area contributed by atoms with Gasteiger partial charge in [0.2, 0.25) is 5.91 Å². The number of benzene rings is 2. The molecule has 0 unspecified atom stereocenters. The molecule has 6 nitrogen and oxygen atoms in total. The number of para-hydroxylation sites is 1. The van der Waals surface area contributed by atoms with Crippen molar-refractivity contribution in [3.05, 3.63) is 71.4 Å². The minimum Gasteiger partial charge on any atom is -0.346 e. The Kier molecular flexibility index (Phi) is 5.24. The molecule has 1 aromatic heterocycles. The van der Waals surface area contributed by atoms with Crippen LogP contribution in [0.15, 0.2) is 54.6 Å². The molecular formula is C20H20N4O2. The summed E-state index contributed by atoms with van der Waals surface area (Å²) in [5.74, 6) is -0.526. The largest absolute Gasteiger partial charge is 0.346 e. The topological polar surface area (TPSA) is 97.1 Å². The van der Waals surface area contributed by atoms with Crippen LogP contribution in [0.3, 0.4) is 0 Å². The van der Waals surface area contributed by atoms with Crippen molar-refractivity contribution >= 4 is 28.4 Å². The highest BCUT2D eigenvalue weighted by atomic mass is 16.2. The average molecular weight is 348 g/mol. The second kappa shape index (κ2) is 7.76. The van der Waals surface area contributed by atoms with Gasteiger partial charge in [-0.2, -0.15) is 0 Å². The highest BCUT2D eigenvalue weighted by molar-refractivity contribution is 5.98. The van der Waals surface area contributed by atoms with E-state index in [0.29, 0.717) is 17.8 Å². The Labute approximate surface area is 151 Å². The number of fused-ring (bicyclic) bond motifs is 1. The minimum atomic E-state index is -0.305. The van der Waals surface area contributed by atoms with Crippen LogP contribution in [-0.4, -0.2) is 23.3 Å². The van der Waals surface area contributed by atoms with E-state index in [1.807, 2.05) is 43.3 Å². The SMILES string of the molecule is Cc1ccc(NC(=O)CN)cc1C(=O)NCc1ccc2ccccc2n1. The summed E-state index contributed by atoms with van der Waals surface area (Å²) < 4.78 is 0. The maximum absolute atomic E-state index is 12.5. The van der Waals surface area contributed by atoms with Crippen LogP contribution in [0.1, 0.15) is 21.6 Å². The summed E-state index contributed by atoms with van der Waals surface area (Å²) in [6.45, 7) is 2.06. The summed E-state index contributed by atoms with van der Waals surface area (Å²) in [5, 5.41) is 6.59. The van der Waals surface area contributed by atoms with Gasteiger partial charge >= 0.3 is 0 Å². The van der Waals surface area contributed by atoms with Crippen LogP contribution in [-0.2, 0) is 11.3 Å². The number of rotatable bonds is 5. The smallest absolute Gasteiger partial charge is 0.251 e. The Balaban J connectivity index is 1.72. The first kappa shape index (κ1) is 17.6. The highest BCUT2D eigenvalue weighted by Gasteiger charge is 2.11. The maximum atomic E-state index is 12.5. The Morgan fingerprint density at radius 1 is 1.08 bits per heavy atom. The molecule has 1 heterocycles. The number of amides is 2. The van der Waals surface area contributed by atoms with E-state index in [1.54, 1.807) is 18.2 Å². The Bertz CT molecular complexity index is 969. The fourth-order valence-corrected chi connectivity index (χ4v) is 2.63. The van der Waals surface area contributed by atoms with E-state index < -0.39 is 0 Å². The molecule has 0 saturated carbocycles. The number of nitrogens with one attached hydrogen (secondary N) is 2. The van der Waals surface area contributed by atoms with E-state index in [2.05, 4.69) is 15.6 Å². The van der Waals surface area contributed by atoms with Crippen molar-refractivity contribution in [3.8, 4) is 0 Å². The molecule has 3 aromatic rings. The predicted octanol–water partition coefficient (Wildman–Crippen LogP) is 2.37. The molecule has 0 aliphatic heterocycles. The lowest BCUT2D eigenvalue weighted by molar-refractivity contribution is -0.114. The molecule has 2 aromatic carbocycles. The van der Waals surface area contributed by atoms with Crippen LogP contribution in [0.2, 0.25) is 0 Å². The predicted molar refractivity (Wildman–Crippen MR) is 102 cm³/mol. The molecule has 0 fully saturated rings. The molecule has 132 valence electrons. The van der Waals surface area contributed by atoms with E-state index in [0.717, 1.165) is 22.2 Å². The zero-order valence-corrected chi connectivity index (χ0v) is 14.5. The fraction of sp³-hybridized carbons (Fsp3) is 0.150. The third-order valence-corrected chi connectivity index (χ3v) is 4.04. The van der Waals surface area contributed by atoms with Crippen LogP contribution in [0.5, 0.6) is 0 Å². The van der Waals surface area contributed by atoms with Crippen molar-refractivity contribution in [1.82, 2.24) is 10.3 Å². The fourth-order valence-electron chi connectivity index (χ4n) is 2.63. The first-order valence-corrected chi connectivity index (χ1v) is 8.30. The zero-order valence-electron chi connectivity index (χ0n) is 14.5. The molecule has 0 radical (unpaired) electrons. The first-order valence-electron chi connectivity index (χ1n) is 8.30. The average Bonchev–Trinajstić information content (AvgIpc) is 2.67. The minimum absolute atomic E-state index is 0.108. The summed E-state index contributed by atoms with van der Waals surface area (Å²) >= 11 is 0. The zero-order chi connectivity index (χ0) is 18.5. The monoisotopic (exact) mass is 348 g/mol. The third-order valence-electron chi connectivity index (χ3n) is 4.04. The van der Waals surface area contributed by atoms with Gasteiger partial charge in [-0.25, -0.2) is 0 Å². The van der Waals surface area contributed by atoms with Gasteiger partial charge in [0, 0.05) is 16.6 Å². The van der Waals surface area contributed by atoms with Crippen molar-refractivity contribution in [2.75, 3.05) is 11.9 Å². The molecule has 4 N–H and O–H groups in total. The van der Waals surface area contributed by atoms with Crippen LogP contribution in [0.25, 0.3) is 10.9 Å². The molecule has 26 heavy (non-hydrogen) atoms. The van der Waals surface area contributed by atoms with E-state index in [-0.39, 0.29) is 18.4 Å². The van der Waals surface area contributed by atoms with Gasteiger partial charge in [-0.15, -0.1) is 0 Å². The molecule has 0 saturated heterocycles. The van der Waals surface area contributed by atoms with Crippen LogP contribution >= 0.6 is 0 Å². The molecular weight excluding hydrogens is 328 g/mol. The molecule has 6 heteroatoms. The molecule has 0 aliphatic rings. The van der Waals surface area contributed by atoms with Crippen molar-refractivity contribution in [3.63, 3.8) is 0 Å². The van der Waals surface area contributed by atoms with Crippen molar-refractivity contribution in [2.45, 2.75) is 13.5 Å². The lowest BCUT2D eigenvalue weighted by Crippen LogP contribution is -2.25. The van der Waals surface area contributed by atoms with E-state index >= 15 is 0 Å². The number of pyridine rings is 1. The van der Waals surface area contributed by atoms with Crippen LogP contribution in [0.4, 0.5) is 5.69 Å². The van der Waals surface area contributed by atoms with Gasteiger partial charge in [0.05, 0.1) is 24.3 Å². The van der Waals surface area contributed by atoms with E-state index in [9.17, 15) is 9.59 Å². The quantitative estimate of drug-likeness (QED) is 0.659. The summed E-state index contributed by atoms with van der Waals surface area (Å²) in [6.07, 6.45) is 0. The maximum Gasteiger partial charge on any atom is 0.251 e. The molecule has 2 amide bonds. The number of aryl methyl sites for hydroxylation is 1. The van der Waals surface area contributed by atoms with Gasteiger partial charge in [0.15, 0.2) is 0 Å². The number of carbonyl (C=O) groups is 2. The summed E-state index contributed by atoms with van der Waals surface area (Å²) in [4.78, 5) is 28.5. The van der Waals surface area contributed by atoms with E-state index in [1.165, 1.54) is 0 Å². The normalized spacial score (nSPS) is 10.5. The number of hydrogen-bond donors (Lipinski definition) is 3. The van der Waals surface area contributed by atoms with E-state index in [4.69, 9.17) is 5.73 Å². The van der Waals surface area contributed by atoms with Crippen LogP contribution < -0.4 is 16.4 Å². The standard InChI is InChI=1S/C20H20N4O2/c1-13-6-8-15(24-19(25)11-21)10-17(13)20(26)22-12-16-9-7-14-4-2-3-5-18(14)23-16/h2-10H,11-12,21H2,1H3,(H,22,26)(H,24,25).